The molecule has 144 valence electrons. The van der Waals surface area contributed by atoms with Crippen molar-refractivity contribution in [2.24, 2.45) is 0 Å². The fourth-order valence-corrected chi connectivity index (χ4v) is 3.71. The Balaban J connectivity index is 1.50. The van der Waals surface area contributed by atoms with Crippen molar-refractivity contribution in [2.45, 2.75) is 23.8 Å². The van der Waals surface area contributed by atoms with Crippen molar-refractivity contribution in [1.82, 2.24) is 15.0 Å². The molecule has 2 aromatic carbocycles. The Hall–Kier alpha value is -2.87. The zero-order valence-electron chi connectivity index (χ0n) is 15.3. The van der Waals surface area contributed by atoms with Gasteiger partial charge in [-0.1, -0.05) is 11.2 Å². The van der Waals surface area contributed by atoms with Crippen LogP contribution in [-0.4, -0.2) is 33.9 Å². The number of hydrogen-bond acceptors (Lipinski definition) is 5. The summed E-state index contributed by atoms with van der Waals surface area (Å²) in [6.07, 6.45) is 3.60. The maximum Gasteiger partial charge on any atom is 0.322 e. The van der Waals surface area contributed by atoms with Gasteiger partial charge in [0.05, 0.1) is 0 Å². The minimum atomic E-state index is -0.323. The minimum absolute atomic E-state index is 0.192. The Bertz CT molecular complexity index is 976. The number of carbonyl (C=O) groups is 1. The largest absolute Gasteiger partial charge is 0.337 e. The van der Waals surface area contributed by atoms with Crippen LogP contribution in [0.4, 0.5) is 14.9 Å². The van der Waals surface area contributed by atoms with Gasteiger partial charge in [0.2, 0.25) is 11.7 Å². The molecule has 0 spiro atoms. The first-order valence-corrected chi connectivity index (χ1v) is 10.2. The molecule has 1 saturated heterocycles. The Kier molecular flexibility index (Phi) is 5.29. The fourth-order valence-electron chi connectivity index (χ4n) is 3.25. The Labute approximate surface area is 166 Å². The number of nitrogens with one attached hydrogen (secondary N) is 1. The van der Waals surface area contributed by atoms with Crippen LogP contribution in [0.2, 0.25) is 0 Å². The molecule has 6 nitrogen and oxygen atoms in total. The van der Waals surface area contributed by atoms with Crippen LogP contribution in [0.1, 0.15) is 24.8 Å². The second-order valence-electron chi connectivity index (χ2n) is 6.48. The molecular formula is C20H19FN4O2S. The summed E-state index contributed by atoms with van der Waals surface area (Å²) in [5.74, 6) is 0.455. The number of rotatable bonds is 4. The van der Waals surface area contributed by atoms with Gasteiger partial charge in [0.15, 0.2) is 0 Å². The lowest BCUT2D eigenvalue weighted by molar-refractivity contribution is 0.193. The zero-order valence-corrected chi connectivity index (χ0v) is 16.1. The Morgan fingerprint density at radius 3 is 2.89 bits per heavy atom. The first-order chi connectivity index (χ1) is 13.6. The number of thioether (sulfide) groups is 1. The molecule has 4 rings (SSSR count). The van der Waals surface area contributed by atoms with Gasteiger partial charge in [0.25, 0.3) is 0 Å². The number of halogens is 1. The highest BCUT2D eigenvalue weighted by Gasteiger charge is 2.34. The lowest BCUT2D eigenvalue weighted by Crippen LogP contribution is -2.34. The molecule has 3 aromatic rings. The molecule has 1 fully saturated rings. The number of amides is 2. The number of anilines is 1. The van der Waals surface area contributed by atoms with Crippen molar-refractivity contribution in [3.05, 3.63) is 60.2 Å². The second kappa shape index (κ2) is 8.02. The van der Waals surface area contributed by atoms with Crippen LogP contribution >= 0.6 is 11.8 Å². The molecule has 1 aromatic heterocycles. The molecule has 0 saturated carbocycles. The van der Waals surface area contributed by atoms with Gasteiger partial charge in [-0.05, 0) is 61.6 Å². The summed E-state index contributed by atoms with van der Waals surface area (Å²) in [6.45, 7) is 0.618. The number of hydrogen-bond donors (Lipinski definition) is 1. The third-order valence-corrected chi connectivity index (χ3v) is 5.39. The number of benzene rings is 2. The van der Waals surface area contributed by atoms with Crippen LogP contribution < -0.4 is 5.32 Å². The quantitative estimate of drug-likeness (QED) is 0.629. The van der Waals surface area contributed by atoms with Crippen molar-refractivity contribution in [3.8, 4) is 11.4 Å². The van der Waals surface area contributed by atoms with Crippen molar-refractivity contribution in [2.75, 3.05) is 18.1 Å². The average Bonchev–Trinajstić information content (AvgIpc) is 3.38. The van der Waals surface area contributed by atoms with Gasteiger partial charge in [-0.2, -0.15) is 4.98 Å². The lowest BCUT2D eigenvalue weighted by atomic mass is 10.2. The molecule has 1 N–H and O–H groups in total. The molecule has 2 amide bonds. The van der Waals surface area contributed by atoms with Crippen LogP contribution in [0.5, 0.6) is 0 Å². The molecule has 1 unspecified atom stereocenters. The van der Waals surface area contributed by atoms with Crippen molar-refractivity contribution >= 4 is 23.5 Å². The van der Waals surface area contributed by atoms with E-state index in [1.165, 1.54) is 12.1 Å². The van der Waals surface area contributed by atoms with E-state index in [4.69, 9.17) is 4.52 Å². The summed E-state index contributed by atoms with van der Waals surface area (Å²) in [6, 6.07) is 13.1. The first kappa shape index (κ1) is 18.5. The van der Waals surface area contributed by atoms with Gasteiger partial charge in [-0.25, -0.2) is 9.18 Å². The molecule has 8 heteroatoms. The van der Waals surface area contributed by atoms with Crippen LogP contribution in [0.3, 0.4) is 0 Å². The van der Waals surface area contributed by atoms with E-state index >= 15 is 0 Å². The van der Waals surface area contributed by atoms with Crippen molar-refractivity contribution < 1.29 is 13.7 Å². The van der Waals surface area contributed by atoms with Crippen LogP contribution in [0.15, 0.2) is 57.9 Å². The van der Waals surface area contributed by atoms with Gasteiger partial charge in [0, 0.05) is 22.7 Å². The fraction of sp³-hybridized carbons (Fsp3) is 0.250. The van der Waals surface area contributed by atoms with Crippen LogP contribution in [-0.2, 0) is 0 Å². The van der Waals surface area contributed by atoms with Crippen LogP contribution in [0, 0.1) is 5.82 Å². The third kappa shape index (κ3) is 3.87. The highest BCUT2D eigenvalue weighted by atomic mass is 32.2. The number of carbonyl (C=O) groups excluding carboxylic acids is 1. The molecule has 1 aliphatic rings. The second-order valence-corrected chi connectivity index (χ2v) is 7.36. The normalized spacial score (nSPS) is 16.4. The van der Waals surface area contributed by atoms with E-state index in [1.807, 2.05) is 30.5 Å². The molecule has 28 heavy (non-hydrogen) atoms. The van der Waals surface area contributed by atoms with Gasteiger partial charge in [-0.15, -0.1) is 11.8 Å². The van der Waals surface area contributed by atoms with E-state index in [0.29, 0.717) is 23.8 Å². The van der Waals surface area contributed by atoms with E-state index in [0.717, 1.165) is 23.4 Å². The molecular weight excluding hydrogens is 379 g/mol. The summed E-state index contributed by atoms with van der Waals surface area (Å²) in [5.41, 5.74) is 1.42. The van der Waals surface area contributed by atoms with E-state index in [1.54, 1.807) is 28.8 Å². The molecule has 0 radical (unpaired) electrons. The van der Waals surface area contributed by atoms with Gasteiger partial charge in [-0.3, -0.25) is 0 Å². The van der Waals surface area contributed by atoms with Crippen molar-refractivity contribution in [1.29, 1.82) is 0 Å². The SMILES string of the molecule is CSc1cccc(NC(=O)N2CCCC2c2nc(-c3ccc(F)cc3)no2)c1. The lowest BCUT2D eigenvalue weighted by Gasteiger charge is -2.22. The first-order valence-electron chi connectivity index (χ1n) is 8.95. The molecule has 1 atom stereocenters. The van der Waals surface area contributed by atoms with Crippen LogP contribution in [0.25, 0.3) is 11.4 Å². The Morgan fingerprint density at radius 2 is 2.11 bits per heavy atom. The van der Waals surface area contributed by atoms with Gasteiger partial charge >= 0.3 is 6.03 Å². The summed E-state index contributed by atoms with van der Waals surface area (Å²) >= 11 is 1.62. The number of nitrogens with zero attached hydrogens (tertiary/aromatic N) is 3. The predicted octanol–water partition coefficient (Wildman–Crippen LogP) is 4.97. The molecule has 1 aliphatic heterocycles. The monoisotopic (exact) mass is 398 g/mol. The van der Waals surface area contributed by atoms with E-state index in [2.05, 4.69) is 15.5 Å². The van der Waals surface area contributed by atoms with Gasteiger partial charge in [0.1, 0.15) is 11.9 Å². The molecule has 2 heterocycles. The predicted molar refractivity (Wildman–Crippen MR) is 106 cm³/mol. The average molecular weight is 398 g/mol. The number of aromatic nitrogens is 2. The number of urea groups is 1. The minimum Gasteiger partial charge on any atom is -0.337 e. The van der Waals surface area contributed by atoms with E-state index in [-0.39, 0.29) is 17.9 Å². The zero-order chi connectivity index (χ0) is 19.5. The van der Waals surface area contributed by atoms with E-state index < -0.39 is 0 Å². The standard InChI is InChI=1S/C20H19FN4O2S/c1-28-16-5-2-4-15(12-16)22-20(26)25-11-3-6-17(25)19-23-18(24-27-19)13-7-9-14(21)10-8-13/h2,4-5,7-10,12,17H,3,6,11H2,1H3,(H,22,26). The van der Waals surface area contributed by atoms with Crippen molar-refractivity contribution in [3.63, 3.8) is 0 Å². The topological polar surface area (TPSA) is 71.3 Å². The maximum absolute atomic E-state index is 13.1. The summed E-state index contributed by atoms with van der Waals surface area (Å²) in [7, 11) is 0. The Morgan fingerprint density at radius 1 is 1.29 bits per heavy atom. The van der Waals surface area contributed by atoms with E-state index in [9.17, 15) is 9.18 Å². The summed E-state index contributed by atoms with van der Waals surface area (Å²) in [5, 5.41) is 6.94. The third-order valence-electron chi connectivity index (χ3n) is 4.66. The maximum atomic E-state index is 13.1. The number of likely N-dealkylation sites (tertiary alicyclic amines) is 1. The summed E-state index contributed by atoms with van der Waals surface area (Å²) in [4.78, 5) is 20.0. The molecule has 0 bridgehead atoms. The smallest absolute Gasteiger partial charge is 0.322 e. The summed E-state index contributed by atoms with van der Waals surface area (Å²) < 4.78 is 18.5. The highest BCUT2D eigenvalue weighted by Crippen LogP contribution is 2.32. The van der Waals surface area contributed by atoms with Gasteiger partial charge < -0.3 is 14.7 Å². The molecule has 0 aliphatic carbocycles. The highest BCUT2D eigenvalue weighted by molar-refractivity contribution is 7.98.